The molecule has 0 saturated carbocycles. The second-order valence-corrected chi connectivity index (χ2v) is 4.61. The average molecular weight is 236 g/mol. The van der Waals surface area contributed by atoms with Gasteiger partial charge in [0.15, 0.2) is 0 Å². The zero-order valence-corrected chi connectivity index (χ0v) is 10.9. The van der Waals surface area contributed by atoms with E-state index < -0.39 is 0 Å². The second-order valence-electron chi connectivity index (χ2n) is 4.61. The van der Waals surface area contributed by atoms with Crippen molar-refractivity contribution in [1.82, 2.24) is 10.2 Å². The van der Waals surface area contributed by atoms with E-state index in [-0.39, 0.29) is 6.61 Å². The monoisotopic (exact) mass is 236 g/mol. The smallest absolute Gasteiger partial charge is 0.0443 e. The minimum absolute atomic E-state index is 0.263. The van der Waals surface area contributed by atoms with Crippen LogP contribution in [0, 0.1) is 0 Å². The van der Waals surface area contributed by atoms with Crippen molar-refractivity contribution in [2.75, 3.05) is 26.7 Å². The average Bonchev–Trinajstić information content (AvgIpc) is 2.30. The van der Waals surface area contributed by atoms with Gasteiger partial charge < -0.3 is 15.3 Å². The third-order valence-corrected chi connectivity index (χ3v) is 2.71. The van der Waals surface area contributed by atoms with E-state index in [1.54, 1.807) is 0 Å². The molecule has 1 unspecified atom stereocenters. The summed E-state index contributed by atoms with van der Waals surface area (Å²) < 4.78 is 0. The van der Waals surface area contributed by atoms with Gasteiger partial charge in [-0.25, -0.2) is 0 Å². The molecule has 0 bridgehead atoms. The summed E-state index contributed by atoms with van der Waals surface area (Å²) in [6.07, 6.45) is 0.826. The highest BCUT2D eigenvalue weighted by atomic mass is 16.3. The van der Waals surface area contributed by atoms with Gasteiger partial charge in [-0.2, -0.15) is 0 Å². The van der Waals surface area contributed by atoms with Crippen LogP contribution in [0.3, 0.4) is 0 Å². The van der Waals surface area contributed by atoms with Gasteiger partial charge in [0, 0.05) is 25.7 Å². The normalized spacial score (nSPS) is 12.9. The first kappa shape index (κ1) is 14.2. The highest BCUT2D eigenvalue weighted by Gasteiger charge is 2.05. The predicted molar refractivity (Wildman–Crippen MR) is 71.9 cm³/mol. The van der Waals surface area contributed by atoms with Gasteiger partial charge in [0.2, 0.25) is 0 Å². The number of benzene rings is 1. The Bertz CT molecular complexity index is 290. The van der Waals surface area contributed by atoms with Crippen LogP contribution in [0.5, 0.6) is 0 Å². The topological polar surface area (TPSA) is 35.5 Å². The summed E-state index contributed by atoms with van der Waals surface area (Å²) in [6, 6.07) is 11.0. The van der Waals surface area contributed by atoms with Gasteiger partial charge in [-0.1, -0.05) is 30.3 Å². The van der Waals surface area contributed by atoms with Crippen LogP contribution in [0.2, 0.25) is 0 Å². The highest BCUT2D eigenvalue weighted by molar-refractivity contribution is 5.14. The first-order chi connectivity index (χ1) is 8.22. The van der Waals surface area contributed by atoms with E-state index in [0.29, 0.717) is 6.04 Å². The molecule has 3 heteroatoms. The fourth-order valence-electron chi connectivity index (χ4n) is 1.92. The number of rotatable bonds is 8. The third kappa shape index (κ3) is 6.41. The van der Waals surface area contributed by atoms with Crippen molar-refractivity contribution < 1.29 is 5.11 Å². The summed E-state index contributed by atoms with van der Waals surface area (Å²) in [7, 11) is 2.14. The van der Waals surface area contributed by atoms with Crippen molar-refractivity contribution in [1.29, 1.82) is 0 Å². The molecule has 0 aliphatic heterocycles. The summed E-state index contributed by atoms with van der Waals surface area (Å²) in [5.74, 6) is 0. The molecule has 1 rings (SSSR count). The van der Waals surface area contributed by atoms with Crippen LogP contribution < -0.4 is 5.32 Å². The van der Waals surface area contributed by atoms with Gasteiger partial charge >= 0.3 is 0 Å². The molecular formula is C14H24N2O. The standard InChI is InChI=1S/C14H24N2O/c1-13(15-9-6-10-17)11-16(2)12-14-7-4-3-5-8-14/h3-5,7-8,13,15,17H,6,9-12H2,1-2H3. The quantitative estimate of drug-likeness (QED) is 0.671. The fraction of sp³-hybridized carbons (Fsp3) is 0.571. The number of nitrogens with one attached hydrogen (secondary N) is 1. The van der Waals surface area contributed by atoms with Gasteiger partial charge in [-0.15, -0.1) is 0 Å². The lowest BCUT2D eigenvalue weighted by Gasteiger charge is -2.22. The number of hydrogen-bond acceptors (Lipinski definition) is 3. The molecule has 1 atom stereocenters. The molecule has 17 heavy (non-hydrogen) atoms. The molecule has 3 nitrogen and oxygen atoms in total. The van der Waals surface area contributed by atoms with Crippen molar-refractivity contribution in [2.24, 2.45) is 0 Å². The lowest BCUT2D eigenvalue weighted by Crippen LogP contribution is -2.37. The maximum Gasteiger partial charge on any atom is 0.0443 e. The van der Waals surface area contributed by atoms with Crippen LogP contribution >= 0.6 is 0 Å². The minimum atomic E-state index is 0.263. The van der Waals surface area contributed by atoms with Gasteiger partial charge in [0.1, 0.15) is 0 Å². The Balaban J connectivity index is 2.22. The van der Waals surface area contributed by atoms with E-state index in [0.717, 1.165) is 26.1 Å². The molecule has 96 valence electrons. The van der Waals surface area contributed by atoms with E-state index in [1.165, 1.54) is 5.56 Å². The van der Waals surface area contributed by atoms with Crippen LogP contribution in [0.25, 0.3) is 0 Å². The van der Waals surface area contributed by atoms with Crippen molar-refractivity contribution in [3.05, 3.63) is 35.9 Å². The largest absolute Gasteiger partial charge is 0.396 e. The predicted octanol–water partition coefficient (Wildman–Crippen LogP) is 1.48. The Morgan fingerprint density at radius 2 is 2.00 bits per heavy atom. The Labute approximate surface area is 104 Å². The van der Waals surface area contributed by atoms with Crippen molar-refractivity contribution in [3.8, 4) is 0 Å². The fourth-order valence-corrected chi connectivity index (χ4v) is 1.92. The van der Waals surface area contributed by atoms with E-state index in [1.807, 2.05) is 6.07 Å². The number of aliphatic hydroxyl groups excluding tert-OH is 1. The molecule has 0 heterocycles. The molecule has 0 aliphatic carbocycles. The molecule has 0 radical (unpaired) electrons. The van der Waals surface area contributed by atoms with Crippen LogP contribution in [0.1, 0.15) is 18.9 Å². The van der Waals surface area contributed by atoms with Crippen LogP contribution in [-0.4, -0.2) is 42.8 Å². The first-order valence-electron chi connectivity index (χ1n) is 6.29. The van der Waals surface area contributed by atoms with E-state index >= 15 is 0 Å². The summed E-state index contributed by atoms with van der Waals surface area (Å²) in [5, 5.41) is 12.1. The number of hydrogen-bond donors (Lipinski definition) is 2. The van der Waals surface area contributed by atoms with Crippen molar-refractivity contribution in [3.63, 3.8) is 0 Å². The molecule has 0 aliphatic rings. The molecule has 0 amide bonds. The number of likely N-dealkylation sites (N-methyl/N-ethyl adjacent to an activating group) is 1. The van der Waals surface area contributed by atoms with Crippen LogP contribution in [-0.2, 0) is 6.54 Å². The zero-order chi connectivity index (χ0) is 12.5. The third-order valence-electron chi connectivity index (χ3n) is 2.71. The molecule has 1 aromatic carbocycles. The lowest BCUT2D eigenvalue weighted by molar-refractivity contribution is 0.267. The molecule has 1 aromatic rings. The van der Waals surface area contributed by atoms with E-state index in [9.17, 15) is 0 Å². The number of aliphatic hydroxyl groups is 1. The summed E-state index contributed by atoms with van der Waals surface area (Å²) in [4.78, 5) is 2.31. The Hall–Kier alpha value is -0.900. The van der Waals surface area contributed by atoms with Crippen molar-refractivity contribution in [2.45, 2.75) is 25.9 Å². The maximum absolute atomic E-state index is 8.71. The summed E-state index contributed by atoms with van der Waals surface area (Å²) in [6.45, 7) is 5.32. The highest BCUT2D eigenvalue weighted by Crippen LogP contribution is 2.02. The summed E-state index contributed by atoms with van der Waals surface area (Å²) >= 11 is 0. The molecule has 0 fully saturated rings. The lowest BCUT2D eigenvalue weighted by atomic mass is 10.2. The SMILES string of the molecule is CC(CN(C)Cc1ccccc1)NCCCO. The van der Waals surface area contributed by atoms with Gasteiger partial charge in [0.25, 0.3) is 0 Å². The van der Waals surface area contributed by atoms with Crippen LogP contribution in [0.4, 0.5) is 0 Å². The Morgan fingerprint density at radius 1 is 1.29 bits per heavy atom. The van der Waals surface area contributed by atoms with Gasteiger partial charge in [-0.3, -0.25) is 0 Å². The molecule has 0 spiro atoms. The molecule has 0 aromatic heterocycles. The minimum Gasteiger partial charge on any atom is -0.396 e. The van der Waals surface area contributed by atoms with Crippen molar-refractivity contribution >= 4 is 0 Å². The van der Waals surface area contributed by atoms with E-state index in [2.05, 4.69) is 48.5 Å². The summed E-state index contributed by atoms with van der Waals surface area (Å²) in [5.41, 5.74) is 1.34. The number of nitrogens with zero attached hydrogens (tertiary/aromatic N) is 1. The Kier molecular flexibility index (Phi) is 6.86. The zero-order valence-electron chi connectivity index (χ0n) is 10.9. The second kappa shape index (κ2) is 8.23. The van der Waals surface area contributed by atoms with E-state index in [4.69, 9.17) is 5.11 Å². The van der Waals surface area contributed by atoms with Crippen LogP contribution in [0.15, 0.2) is 30.3 Å². The maximum atomic E-state index is 8.71. The van der Waals surface area contributed by atoms with Gasteiger partial charge in [0.05, 0.1) is 0 Å². The Morgan fingerprint density at radius 3 is 2.65 bits per heavy atom. The first-order valence-corrected chi connectivity index (χ1v) is 6.29. The molecule has 0 saturated heterocycles. The van der Waals surface area contributed by atoms with Gasteiger partial charge in [-0.05, 0) is 32.5 Å². The molecular weight excluding hydrogens is 212 g/mol. The molecule has 2 N–H and O–H groups in total.